The van der Waals surface area contributed by atoms with E-state index in [0.29, 0.717) is 31.1 Å². The van der Waals surface area contributed by atoms with Gasteiger partial charge >= 0.3 is 0 Å². The van der Waals surface area contributed by atoms with Crippen LogP contribution in [0.2, 0.25) is 5.02 Å². The lowest BCUT2D eigenvalue weighted by atomic mass is 10.1. The summed E-state index contributed by atoms with van der Waals surface area (Å²) < 4.78 is 32.8. The van der Waals surface area contributed by atoms with E-state index in [2.05, 4.69) is 5.32 Å². The molecule has 1 amide bonds. The van der Waals surface area contributed by atoms with Crippen LogP contribution in [-0.2, 0) is 10.0 Å². The standard InChI is InChI=1S/C21H25ClN2O4S/c1-3-12-28-20-13-15(2)6-9-19(20)23-21(25)17-14-16(7-8-18(17)22)29(26,27)24-10-4-5-11-24/h6-9,13-14H,3-5,10-12H2,1-2H3,(H,23,25). The molecule has 3 rings (SSSR count). The van der Waals surface area contributed by atoms with Crippen LogP contribution in [0.5, 0.6) is 5.75 Å². The SMILES string of the molecule is CCCOc1cc(C)ccc1NC(=O)c1cc(S(=O)(=O)N2CCCC2)ccc1Cl. The van der Waals surface area contributed by atoms with Gasteiger partial charge < -0.3 is 10.1 Å². The number of nitrogens with zero attached hydrogens (tertiary/aromatic N) is 1. The Labute approximate surface area is 176 Å². The number of ether oxygens (including phenoxy) is 1. The molecule has 0 aliphatic carbocycles. The molecule has 1 aliphatic rings. The predicted octanol–water partition coefficient (Wildman–Crippen LogP) is 4.47. The molecule has 1 aliphatic heterocycles. The molecular weight excluding hydrogens is 412 g/mol. The van der Waals surface area contributed by atoms with Crippen molar-refractivity contribution in [3.8, 4) is 5.75 Å². The van der Waals surface area contributed by atoms with Crippen molar-refractivity contribution in [1.29, 1.82) is 0 Å². The highest BCUT2D eigenvalue weighted by Gasteiger charge is 2.28. The van der Waals surface area contributed by atoms with Crippen LogP contribution in [-0.4, -0.2) is 38.3 Å². The average Bonchev–Trinajstić information content (AvgIpc) is 3.24. The smallest absolute Gasteiger partial charge is 0.257 e. The lowest BCUT2D eigenvalue weighted by Crippen LogP contribution is -2.28. The van der Waals surface area contributed by atoms with Crippen molar-refractivity contribution in [2.75, 3.05) is 25.0 Å². The number of carbonyl (C=O) groups is 1. The van der Waals surface area contributed by atoms with Gasteiger partial charge in [-0.25, -0.2) is 8.42 Å². The molecule has 0 unspecified atom stereocenters. The molecule has 1 saturated heterocycles. The monoisotopic (exact) mass is 436 g/mol. The predicted molar refractivity (Wildman–Crippen MR) is 114 cm³/mol. The first-order chi connectivity index (χ1) is 13.8. The first-order valence-electron chi connectivity index (χ1n) is 9.67. The molecular formula is C21H25ClN2O4S. The number of hydrogen-bond acceptors (Lipinski definition) is 4. The fourth-order valence-electron chi connectivity index (χ4n) is 3.17. The Morgan fingerprint density at radius 1 is 1.17 bits per heavy atom. The number of sulfonamides is 1. The zero-order chi connectivity index (χ0) is 21.0. The molecule has 8 heteroatoms. The number of carbonyl (C=O) groups excluding carboxylic acids is 1. The maximum Gasteiger partial charge on any atom is 0.257 e. The van der Waals surface area contributed by atoms with Gasteiger partial charge in [0.25, 0.3) is 5.91 Å². The summed E-state index contributed by atoms with van der Waals surface area (Å²) in [5.74, 6) is 0.0795. The first kappa shape index (κ1) is 21.6. The highest BCUT2D eigenvalue weighted by molar-refractivity contribution is 7.89. The second-order valence-electron chi connectivity index (χ2n) is 7.06. The van der Waals surface area contributed by atoms with Gasteiger partial charge in [-0.15, -0.1) is 0 Å². The van der Waals surface area contributed by atoms with Gasteiger partial charge in [-0.2, -0.15) is 4.31 Å². The summed E-state index contributed by atoms with van der Waals surface area (Å²) in [5, 5.41) is 2.98. The number of rotatable bonds is 7. The van der Waals surface area contributed by atoms with Crippen molar-refractivity contribution in [2.24, 2.45) is 0 Å². The van der Waals surface area contributed by atoms with Crippen LogP contribution in [0.3, 0.4) is 0 Å². The molecule has 0 atom stereocenters. The van der Waals surface area contributed by atoms with E-state index in [1.807, 2.05) is 26.0 Å². The molecule has 0 bridgehead atoms. The summed E-state index contributed by atoms with van der Waals surface area (Å²) in [6.07, 6.45) is 2.52. The minimum Gasteiger partial charge on any atom is -0.491 e. The molecule has 0 saturated carbocycles. The summed E-state index contributed by atoms with van der Waals surface area (Å²) in [6, 6.07) is 9.70. The van der Waals surface area contributed by atoms with Crippen LogP contribution >= 0.6 is 11.6 Å². The first-order valence-corrected chi connectivity index (χ1v) is 11.5. The van der Waals surface area contributed by atoms with Crippen molar-refractivity contribution in [2.45, 2.75) is 38.0 Å². The third-order valence-corrected chi connectivity index (χ3v) is 6.96. The summed E-state index contributed by atoms with van der Waals surface area (Å²) in [5.41, 5.74) is 1.62. The molecule has 6 nitrogen and oxygen atoms in total. The van der Waals surface area contributed by atoms with Crippen LogP contribution in [0.25, 0.3) is 0 Å². The molecule has 1 N–H and O–H groups in total. The zero-order valence-corrected chi connectivity index (χ0v) is 18.1. The zero-order valence-electron chi connectivity index (χ0n) is 16.6. The number of anilines is 1. The topological polar surface area (TPSA) is 75.7 Å². The Morgan fingerprint density at radius 2 is 1.90 bits per heavy atom. The van der Waals surface area contributed by atoms with Crippen molar-refractivity contribution in [1.82, 2.24) is 4.31 Å². The lowest BCUT2D eigenvalue weighted by molar-refractivity contribution is 0.102. The Balaban J connectivity index is 1.88. The molecule has 29 heavy (non-hydrogen) atoms. The second-order valence-corrected chi connectivity index (χ2v) is 9.40. The van der Waals surface area contributed by atoms with Crippen LogP contribution in [0.1, 0.15) is 42.1 Å². The molecule has 1 fully saturated rings. The Hall–Kier alpha value is -2.09. The van der Waals surface area contributed by atoms with E-state index in [0.717, 1.165) is 24.8 Å². The highest BCUT2D eigenvalue weighted by Crippen LogP contribution is 2.29. The van der Waals surface area contributed by atoms with E-state index in [1.54, 1.807) is 6.07 Å². The minimum absolute atomic E-state index is 0.0697. The second kappa shape index (κ2) is 9.15. The van der Waals surface area contributed by atoms with Crippen LogP contribution in [0.15, 0.2) is 41.3 Å². The molecule has 1 heterocycles. The number of hydrogen-bond donors (Lipinski definition) is 1. The van der Waals surface area contributed by atoms with Crippen molar-refractivity contribution < 1.29 is 17.9 Å². The van der Waals surface area contributed by atoms with Gasteiger partial charge in [-0.3, -0.25) is 4.79 Å². The quantitative estimate of drug-likeness (QED) is 0.694. The van der Waals surface area contributed by atoms with Crippen molar-refractivity contribution >= 4 is 33.2 Å². The molecule has 0 spiro atoms. The van der Waals surface area contributed by atoms with E-state index in [1.165, 1.54) is 22.5 Å². The number of amides is 1. The molecule has 0 aromatic heterocycles. The Kier molecular flexibility index (Phi) is 6.82. The van der Waals surface area contributed by atoms with Crippen LogP contribution < -0.4 is 10.1 Å². The van der Waals surface area contributed by atoms with Crippen LogP contribution in [0.4, 0.5) is 5.69 Å². The Bertz CT molecular complexity index is 1000. The fourth-order valence-corrected chi connectivity index (χ4v) is 4.92. The van der Waals surface area contributed by atoms with Gasteiger partial charge in [0.1, 0.15) is 5.75 Å². The van der Waals surface area contributed by atoms with Crippen molar-refractivity contribution in [3.05, 3.63) is 52.5 Å². The number of benzene rings is 2. The van der Waals surface area contributed by atoms with Gasteiger partial charge in [-0.05, 0) is 62.1 Å². The van der Waals surface area contributed by atoms with E-state index in [9.17, 15) is 13.2 Å². The van der Waals surface area contributed by atoms with Gasteiger partial charge in [0, 0.05) is 13.1 Å². The average molecular weight is 437 g/mol. The fraction of sp³-hybridized carbons (Fsp3) is 0.381. The Morgan fingerprint density at radius 3 is 2.59 bits per heavy atom. The van der Waals surface area contributed by atoms with E-state index in [4.69, 9.17) is 16.3 Å². The summed E-state index contributed by atoms with van der Waals surface area (Å²) in [7, 11) is -3.64. The van der Waals surface area contributed by atoms with Crippen molar-refractivity contribution in [3.63, 3.8) is 0 Å². The normalized spacial score (nSPS) is 14.7. The molecule has 156 valence electrons. The summed E-state index contributed by atoms with van der Waals surface area (Å²) in [4.78, 5) is 13.0. The van der Waals surface area contributed by atoms with Gasteiger partial charge in [0.15, 0.2) is 0 Å². The third kappa shape index (κ3) is 4.91. The maximum absolute atomic E-state index is 12.9. The number of halogens is 1. The maximum atomic E-state index is 12.9. The lowest BCUT2D eigenvalue weighted by Gasteiger charge is -2.17. The summed E-state index contributed by atoms with van der Waals surface area (Å²) in [6.45, 7) is 5.45. The number of aryl methyl sites for hydroxylation is 1. The number of nitrogens with one attached hydrogen (secondary N) is 1. The molecule has 2 aromatic carbocycles. The van der Waals surface area contributed by atoms with E-state index in [-0.39, 0.29) is 15.5 Å². The third-order valence-electron chi connectivity index (χ3n) is 4.73. The van der Waals surface area contributed by atoms with Gasteiger partial charge in [0.05, 0.1) is 27.8 Å². The minimum atomic E-state index is -3.64. The van der Waals surface area contributed by atoms with Gasteiger partial charge in [0.2, 0.25) is 10.0 Å². The summed E-state index contributed by atoms with van der Waals surface area (Å²) >= 11 is 6.22. The van der Waals surface area contributed by atoms with Crippen LogP contribution in [0, 0.1) is 6.92 Å². The van der Waals surface area contributed by atoms with E-state index < -0.39 is 15.9 Å². The van der Waals surface area contributed by atoms with E-state index >= 15 is 0 Å². The van der Waals surface area contributed by atoms with Gasteiger partial charge in [-0.1, -0.05) is 24.6 Å². The highest BCUT2D eigenvalue weighted by atomic mass is 35.5. The molecule has 0 radical (unpaired) electrons. The molecule has 2 aromatic rings. The largest absolute Gasteiger partial charge is 0.491 e.